The molecule has 10 heteroatoms. The van der Waals surface area contributed by atoms with Crippen LogP contribution in [-0.4, -0.2) is 29.0 Å². The zero-order valence-electron chi connectivity index (χ0n) is 17.2. The third kappa shape index (κ3) is 5.38. The van der Waals surface area contributed by atoms with Gasteiger partial charge in [-0.3, -0.25) is 0 Å². The normalized spacial score (nSPS) is 11.4. The Hall–Kier alpha value is -3.72. The number of rotatable bonds is 6. The molecule has 0 saturated heterocycles. The van der Waals surface area contributed by atoms with Gasteiger partial charge in [-0.15, -0.1) is 13.2 Å². The highest BCUT2D eigenvalue weighted by Crippen LogP contribution is 2.27. The summed E-state index contributed by atoms with van der Waals surface area (Å²) < 4.78 is 48.2. The lowest BCUT2D eigenvalue weighted by atomic mass is 10.2. The van der Waals surface area contributed by atoms with Gasteiger partial charge in [0.2, 0.25) is 0 Å². The van der Waals surface area contributed by atoms with Crippen LogP contribution in [-0.2, 0) is 11.3 Å². The van der Waals surface area contributed by atoms with Crippen LogP contribution in [0.3, 0.4) is 0 Å². The van der Waals surface area contributed by atoms with E-state index in [0.29, 0.717) is 28.6 Å². The van der Waals surface area contributed by atoms with Crippen LogP contribution in [0.4, 0.5) is 24.7 Å². The zero-order chi connectivity index (χ0) is 23.6. The summed E-state index contributed by atoms with van der Waals surface area (Å²) >= 11 is 5.95. The minimum atomic E-state index is -4.74. The number of aromatic nitrogens is 2. The number of methoxy groups -OCH3 is 1. The molecule has 33 heavy (non-hydrogen) atoms. The van der Waals surface area contributed by atoms with E-state index in [2.05, 4.69) is 15.0 Å². The summed E-state index contributed by atoms with van der Waals surface area (Å²) in [7, 11) is 1.27. The lowest BCUT2D eigenvalue weighted by molar-refractivity contribution is -0.274. The van der Waals surface area contributed by atoms with Crippen molar-refractivity contribution in [1.82, 2.24) is 9.55 Å². The van der Waals surface area contributed by atoms with E-state index in [-0.39, 0.29) is 11.3 Å². The fourth-order valence-corrected chi connectivity index (χ4v) is 3.55. The molecular weight excluding hydrogens is 459 g/mol. The molecule has 6 nitrogen and oxygen atoms in total. The highest BCUT2D eigenvalue weighted by molar-refractivity contribution is 6.30. The molecule has 0 aliphatic carbocycles. The Morgan fingerprint density at radius 1 is 1.15 bits per heavy atom. The van der Waals surface area contributed by atoms with E-state index in [4.69, 9.17) is 16.3 Å². The van der Waals surface area contributed by atoms with Gasteiger partial charge in [0.1, 0.15) is 17.1 Å². The van der Waals surface area contributed by atoms with Crippen molar-refractivity contribution < 1.29 is 27.4 Å². The topological polar surface area (TPSA) is 65.4 Å². The molecule has 0 atom stereocenters. The second-order valence-electron chi connectivity index (χ2n) is 7.08. The molecule has 0 unspecified atom stereocenters. The SMILES string of the molecule is COC(=O)c1cc(Cl)cnc1Nc1ccc2c(ccn2Cc2cccc(OC(F)(F)F)c2)c1. The molecule has 0 spiro atoms. The minimum absolute atomic E-state index is 0.198. The van der Waals surface area contributed by atoms with Crippen LogP contribution in [0.5, 0.6) is 5.75 Å². The lowest BCUT2D eigenvalue weighted by Gasteiger charge is -2.12. The van der Waals surface area contributed by atoms with Gasteiger partial charge in [0.05, 0.1) is 12.1 Å². The van der Waals surface area contributed by atoms with Crippen molar-refractivity contribution in [2.75, 3.05) is 12.4 Å². The smallest absolute Gasteiger partial charge is 0.465 e. The third-order valence-corrected chi connectivity index (χ3v) is 4.99. The average Bonchev–Trinajstić information content (AvgIpc) is 3.15. The first kappa shape index (κ1) is 22.5. The first-order chi connectivity index (χ1) is 15.7. The van der Waals surface area contributed by atoms with Gasteiger partial charge in [-0.05, 0) is 48.0 Å². The number of nitrogens with zero attached hydrogens (tertiary/aromatic N) is 2. The fraction of sp³-hybridized carbons (Fsp3) is 0.130. The van der Waals surface area contributed by atoms with Crippen LogP contribution in [0.25, 0.3) is 10.9 Å². The van der Waals surface area contributed by atoms with Gasteiger partial charge in [0.25, 0.3) is 0 Å². The molecule has 0 saturated carbocycles. The molecular formula is C23H17ClF3N3O3. The van der Waals surface area contributed by atoms with Crippen molar-refractivity contribution in [1.29, 1.82) is 0 Å². The summed E-state index contributed by atoms with van der Waals surface area (Å²) in [5.74, 6) is -0.539. The first-order valence-electron chi connectivity index (χ1n) is 9.66. The summed E-state index contributed by atoms with van der Waals surface area (Å²) in [5.41, 5.74) is 2.41. The van der Waals surface area contributed by atoms with Gasteiger partial charge in [-0.2, -0.15) is 0 Å². The molecule has 0 amide bonds. The quantitative estimate of drug-likeness (QED) is 0.338. The second-order valence-corrected chi connectivity index (χ2v) is 7.52. The molecule has 0 aliphatic heterocycles. The number of anilines is 2. The van der Waals surface area contributed by atoms with E-state index in [1.807, 2.05) is 29.0 Å². The lowest BCUT2D eigenvalue weighted by Crippen LogP contribution is -2.17. The van der Waals surface area contributed by atoms with Crippen LogP contribution in [0.1, 0.15) is 15.9 Å². The van der Waals surface area contributed by atoms with Crippen LogP contribution in [0.15, 0.2) is 67.0 Å². The van der Waals surface area contributed by atoms with Crippen molar-refractivity contribution in [3.63, 3.8) is 0 Å². The molecule has 0 radical (unpaired) electrons. The Balaban J connectivity index is 1.57. The number of alkyl halides is 3. The van der Waals surface area contributed by atoms with E-state index in [0.717, 1.165) is 10.9 Å². The highest BCUT2D eigenvalue weighted by atomic mass is 35.5. The third-order valence-electron chi connectivity index (χ3n) is 4.78. The van der Waals surface area contributed by atoms with E-state index >= 15 is 0 Å². The number of hydrogen-bond acceptors (Lipinski definition) is 5. The summed E-state index contributed by atoms with van der Waals surface area (Å²) in [6, 6.07) is 14.7. The summed E-state index contributed by atoms with van der Waals surface area (Å²) in [6.45, 7) is 0.358. The molecule has 2 aromatic carbocycles. The summed E-state index contributed by atoms with van der Waals surface area (Å²) in [5, 5.41) is 4.28. The number of benzene rings is 2. The van der Waals surface area contributed by atoms with Crippen molar-refractivity contribution >= 4 is 40.0 Å². The molecule has 170 valence electrons. The number of carbonyl (C=O) groups excluding carboxylic acids is 1. The van der Waals surface area contributed by atoms with Crippen LogP contribution < -0.4 is 10.1 Å². The van der Waals surface area contributed by atoms with Gasteiger partial charge in [-0.1, -0.05) is 23.7 Å². The zero-order valence-corrected chi connectivity index (χ0v) is 17.9. The fourth-order valence-electron chi connectivity index (χ4n) is 3.39. The Morgan fingerprint density at radius 2 is 1.97 bits per heavy atom. The number of ether oxygens (including phenoxy) is 2. The molecule has 4 aromatic rings. The predicted molar refractivity (Wildman–Crippen MR) is 118 cm³/mol. The highest BCUT2D eigenvalue weighted by Gasteiger charge is 2.31. The number of carbonyl (C=O) groups is 1. The van der Waals surface area contributed by atoms with Gasteiger partial charge in [0, 0.05) is 35.5 Å². The monoisotopic (exact) mass is 475 g/mol. The molecule has 2 aromatic heterocycles. The maximum absolute atomic E-state index is 12.5. The van der Waals surface area contributed by atoms with Crippen LogP contribution >= 0.6 is 11.6 Å². The summed E-state index contributed by atoms with van der Waals surface area (Å²) in [6.07, 6.45) is -1.48. The Bertz CT molecular complexity index is 1320. The second kappa shape index (κ2) is 9.03. The van der Waals surface area contributed by atoms with Gasteiger partial charge in [-0.25, -0.2) is 9.78 Å². The van der Waals surface area contributed by atoms with Gasteiger partial charge < -0.3 is 19.4 Å². The van der Waals surface area contributed by atoms with E-state index in [1.54, 1.807) is 12.1 Å². The predicted octanol–water partition coefficient (Wildman–Crippen LogP) is 6.17. The average molecular weight is 476 g/mol. The van der Waals surface area contributed by atoms with Crippen LogP contribution in [0, 0.1) is 0 Å². The van der Waals surface area contributed by atoms with Crippen molar-refractivity contribution in [3.05, 3.63) is 83.1 Å². The van der Waals surface area contributed by atoms with Crippen LogP contribution in [0.2, 0.25) is 5.02 Å². The number of hydrogen-bond donors (Lipinski definition) is 1. The number of halogens is 4. The molecule has 4 rings (SSSR count). The summed E-state index contributed by atoms with van der Waals surface area (Å²) in [4.78, 5) is 16.2. The first-order valence-corrected chi connectivity index (χ1v) is 10.0. The number of fused-ring (bicyclic) bond motifs is 1. The number of nitrogens with one attached hydrogen (secondary N) is 1. The standard InChI is InChI=1S/C23H17ClF3N3O3/c1-32-22(31)19-11-16(24)12-28-21(19)29-17-5-6-20-15(10-17)7-8-30(20)13-14-3-2-4-18(9-14)33-23(25,26)27/h2-12H,13H2,1H3,(H,28,29). The van der Waals surface area contributed by atoms with Crippen molar-refractivity contribution in [2.24, 2.45) is 0 Å². The molecule has 1 N–H and O–H groups in total. The van der Waals surface area contributed by atoms with E-state index in [9.17, 15) is 18.0 Å². The van der Waals surface area contributed by atoms with Crippen molar-refractivity contribution in [3.8, 4) is 5.75 Å². The molecule has 0 aliphatic rings. The molecule has 0 bridgehead atoms. The Morgan fingerprint density at radius 3 is 2.73 bits per heavy atom. The number of pyridine rings is 1. The maximum Gasteiger partial charge on any atom is 0.573 e. The van der Waals surface area contributed by atoms with E-state index < -0.39 is 12.3 Å². The van der Waals surface area contributed by atoms with E-state index in [1.165, 1.54) is 37.6 Å². The number of esters is 1. The molecule has 2 heterocycles. The largest absolute Gasteiger partial charge is 0.573 e. The van der Waals surface area contributed by atoms with Gasteiger partial charge in [0.15, 0.2) is 0 Å². The maximum atomic E-state index is 12.5. The minimum Gasteiger partial charge on any atom is -0.465 e. The molecule has 0 fully saturated rings. The Labute approximate surface area is 191 Å². The van der Waals surface area contributed by atoms with Gasteiger partial charge >= 0.3 is 12.3 Å². The Kier molecular flexibility index (Phi) is 6.15. The van der Waals surface area contributed by atoms with Crippen molar-refractivity contribution in [2.45, 2.75) is 12.9 Å².